The number of nitrogens with zero attached hydrogens (tertiary/aromatic N) is 5. The highest BCUT2D eigenvalue weighted by atomic mass is 15.3. The molecule has 0 atom stereocenters. The number of hydrogen-bond acceptors (Lipinski definition) is 7. The summed E-state index contributed by atoms with van der Waals surface area (Å²) in [5.74, 6) is 8.27. The van der Waals surface area contributed by atoms with E-state index in [2.05, 4.69) is 30.8 Å². The van der Waals surface area contributed by atoms with Crippen molar-refractivity contribution in [3.63, 3.8) is 0 Å². The summed E-state index contributed by atoms with van der Waals surface area (Å²) >= 11 is 0. The summed E-state index contributed by atoms with van der Waals surface area (Å²) in [6.07, 6.45) is 2.40. The number of nitrogens with one attached hydrogen (secondary N) is 2. The smallest absolute Gasteiger partial charge is 0.169 e. The zero-order valence-corrected chi connectivity index (χ0v) is 11.3. The molecule has 2 aromatic rings. The molecule has 19 heavy (non-hydrogen) atoms. The van der Waals surface area contributed by atoms with Crippen molar-refractivity contribution in [2.45, 2.75) is 26.8 Å². The van der Waals surface area contributed by atoms with Gasteiger partial charge in [0.1, 0.15) is 23.8 Å². The molecule has 8 nitrogen and oxygen atoms in total. The van der Waals surface area contributed by atoms with Crippen molar-refractivity contribution in [1.29, 1.82) is 0 Å². The Labute approximate surface area is 111 Å². The van der Waals surface area contributed by atoms with Gasteiger partial charge in [0.25, 0.3) is 0 Å². The Balaban J connectivity index is 2.19. The molecule has 0 unspecified atom stereocenters. The summed E-state index contributed by atoms with van der Waals surface area (Å²) in [5, 5.41) is 7.41. The van der Waals surface area contributed by atoms with Gasteiger partial charge in [0, 0.05) is 19.0 Å². The second kappa shape index (κ2) is 5.61. The van der Waals surface area contributed by atoms with Crippen LogP contribution in [0.25, 0.3) is 0 Å². The van der Waals surface area contributed by atoms with Gasteiger partial charge in [-0.25, -0.2) is 20.8 Å². The molecular formula is C11H18N8. The number of hydrogen-bond donors (Lipinski definition) is 3. The molecule has 0 bridgehead atoms. The lowest BCUT2D eigenvalue weighted by Crippen LogP contribution is -2.15. The molecule has 0 saturated heterocycles. The average molecular weight is 262 g/mol. The Morgan fingerprint density at radius 2 is 2.00 bits per heavy atom. The van der Waals surface area contributed by atoms with E-state index >= 15 is 0 Å². The highest BCUT2D eigenvalue weighted by Gasteiger charge is 2.10. The number of anilines is 2. The second-order valence-corrected chi connectivity index (χ2v) is 4.15. The van der Waals surface area contributed by atoms with E-state index in [9.17, 15) is 0 Å². The van der Waals surface area contributed by atoms with Crippen LogP contribution in [0.5, 0.6) is 0 Å². The maximum Gasteiger partial charge on any atom is 0.169 e. The first-order valence-corrected chi connectivity index (χ1v) is 6.06. The van der Waals surface area contributed by atoms with Gasteiger partial charge in [-0.3, -0.25) is 4.68 Å². The predicted octanol–water partition coefficient (Wildman–Crippen LogP) is 0.374. The zero-order valence-electron chi connectivity index (χ0n) is 11.3. The lowest BCUT2D eigenvalue weighted by atomic mass is 10.3. The maximum absolute atomic E-state index is 5.46. The summed E-state index contributed by atoms with van der Waals surface area (Å²) in [4.78, 5) is 12.9. The molecule has 0 aliphatic carbocycles. The van der Waals surface area contributed by atoms with E-state index in [0.717, 1.165) is 23.6 Å². The van der Waals surface area contributed by atoms with Crippen LogP contribution < -0.4 is 16.6 Å². The quantitative estimate of drug-likeness (QED) is 0.528. The molecule has 2 heterocycles. The first kappa shape index (κ1) is 13.2. The molecule has 4 N–H and O–H groups in total. The molecular weight excluding hydrogens is 244 g/mol. The van der Waals surface area contributed by atoms with Crippen LogP contribution >= 0.6 is 0 Å². The number of nitrogens with two attached hydrogens (primary N) is 1. The zero-order chi connectivity index (χ0) is 13.8. The third kappa shape index (κ3) is 2.97. The minimum Gasteiger partial charge on any atom is -0.362 e. The van der Waals surface area contributed by atoms with Gasteiger partial charge < -0.3 is 10.7 Å². The third-order valence-electron chi connectivity index (χ3n) is 2.71. The Morgan fingerprint density at radius 3 is 2.58 bits per heavy atom. The number of aryl methyl sites for hydroxylation is 2. The van der Waals surface area contributed by atoms with E-state index < -0.39 is 0 Å². The van der Waals surface area contributed by atoms with Gasteiger partial charge in [-0.1, -0.05) is 6.92 Å². The fourth-order valence-electron chi connectivity index (χ4n) is 1.66. The van der Waals surface area contributed by atoms with Crippen LogP contribution in [0, 0.1) is 6.92 Å². The van der Waals surface area contributed by atoms with Crippen molar-refractivity contribution < 1.29 is 0 Å². The lowest BCUT2D eigenvalue weighted by Gasteiger charge is -2.12. The van der Waals surface area contributed by atoms with E-state index in [1.165, 1.54) is 0 Å². The summed E-state index contributed by atoms with van der Waals surface area (Å²) in [6.45, 7) is 4.41. The maximum atomic E-state index is 5.46. The fraction of sp³-hybridized carbons (Fsp3) is 0.455. The molecule has 0 aromatic carbocycles. The second-order valence-electron chi connectivity index (χ2n) is 4.15. The Morgan fingerprint density at radius 1 is 1.26 bits per heavy atom. The van der Waals surface area contributed by atoms with E-state index in [4.69, 9.17) is 5.84 Å². The lowest BCUT2D eigenvalue weighted by molar-refractivity contribution is 0.746. The van der Waals surface area contributed by atoms with Gasteiger partial charge in [-0.05, 0) is 6.92 Å². The standard InChI is InChI=1S/C11H18N8/c1-4-8-15-10(7(2)11(16-8)17-12)13-5-9-14-6-19(3)18-9/h6H,4-5,12H2,1-3H3,(H2,13,15,16,17). The van der Waals surface area contributed by atoms with Crippen LogP contribution in [0.15, 0.2) is 6.33 Å². The van der Waals surface area contributed by atoms with Crippen LogP contribution in [0.1, 0.15) is 24.1 Å². The average Bonchev–Trinajstić information content (AvgIpc) is 2.83. The minimum absolute atomic E-state index is 0.506. The Hall–Kier alpha value is -2.22. The molecule has 0 saturated carbocycles. The van der Waals surface area contributed by atoms with Gasteiger partial charge in [-0.15, -0.1) is 0 Å². The summed E-state index contributed by atoms with van der Waals surface area (Å²) in [6, 6.07) is 0. The summed E-state index contributed by atoms with van der Waals surface area (Å²) in [5.41, 5.74) is 3.46. The fourth-order valence-corrected chi connectivity index (χ4v) is 1.66. The van der Waals surface area contributed by atoms with Gasteiger partial charge in [0.05, 0.1) is 6.54 Å². The SMILES string of the molecule is CCc1nc(NN)c(C)c(NCc2ncn(C)n2)n1. The van der Waals surface area contributed by atoms with Gasteiger partial charge in [0.15, 0.2) is 5.82 Å². The van der Waals surface area contributed by atoms with Crippen LogP contribution in [0.3, 0.4) is 0 Å². The monoisotopic (exact) mass is 262 g/mol. The van der Waals surface area contributed by atoms with Crippen LogP contribution in [0.4, 0.5) is 11.6 Å². The molecule has 0 amide bonds. The van der Waals surface area contributed by atoms with Crippen molar-refractivity contribution in [2.75, 3.05) is 10.7 Å². The van der Waals surface area contributed by atoms with E-state index in [1.54, 1.807) is 11.0 Å². The van der Waals surface area contributed by atoms with E-state index in [0.29, 0.717) is 18.2 Å². The minimum atomic E-state index is 0.506. The van der Waals surface area contributed by atoms with Crippen molar-refractivity contribution >= 4 is 11.6 Å². The van der Waals surface area contributed by atoms with Crippen LogP contribution in [0.2, 0.25) is 0 Å². The number of aromatic nitrogens is 5. The van der Waals surface area contributed by atoms with Crippen molar-refractivity contribution in [3.8, 4) is 0 Å². The van der Waals surface area contributed by atoms with Gasteiger partial charge in [0.2, 0.25) is 0 Å². The third-order valence-corrected chi connectivity index (χ3v) is 2.71. The molecule has 2 rings (SSSR count). The van der Waals surface area contributed by atoms with E-state index in [1.807, 2.05) is 20.9 Å². The Bertz CT molecular complexity index is 562. The number of nitrogen functional groups attached to an aromatic ring is 1. The number of hydrazine groups is 1. The normalized spacial score (nSPS) is 10.5. The van der Waals surface area contributed by atoms with Crippen molar-refractivity contribution in [3.05, 3.63) is 23.5 Å². The molecule has 0 fully saturated rings. The molecule has 0 aliphatic rings. The highest BCUT2D eigenvalue weighted by molar-refractivity contribution is 5.56. The largest absolute Gasteiger partial charge is 0.362 e. The summed E-state index contributed by atoms with van der Waals surface area (Å²) in [7, 11) is 1.83. The highest BCUT2D eigenvalue weighted by Crippen LogP contribution is 2.19. The van der Waals surface area contributed by atoms with Crippen LogP contribution in [-0.4, -0.2) is 24.7 Å². The Kier molecular flexibility index (Phi) is 3.91. The molecule has 0 spiro atoms. The molecule has 8 heteroatoms. The summed E-state index contributed by atoms with van der Waals surface area (Å²) < 4.78 is 1.66. The molecule has 0 aliphatic heterocycles. The van der Waals surface area contributed by atoms with Gasteiger partial charge >= 0.3 is 0 Å². The predicted molar refractivity (Wildman–Crippen MR) is 72.3 cm³/mol. The van der Waals surface area contributed by atoms with E-state index in [-0.39, 0.29) is 0 Å². The first-order chi connectivity index (χ1) is 9.13. The first-order valence-electron chi connectivity index (χ1n) is 6.06. The van der Waals surface area contributed by atoms with Gasteiger partial charge in [-0.2, -0.15) is 5.10 Å². The topological polar surface area (TPSA) is 107 Å². The molecule has 2 aromatic heterocycles. The molecule has 0 radical (unpaired) electrons. The van der Waals surface area contributed by atoms with Crippen molar-refractivity contribution in [2.24, 2.45) is 12.9 Å². The van der Waals surface area contributed by atoms with Crippen LogP contribution in [-0.2, 0) is 20.0 Å². The molecule has 102 valence electrons. The number of rotatable bonds is 5. The van der Waals surface area contributed by atoms with Crippen molar-refractivity contribution in [1.82, 2.24) is 24.7 Å².